The molecule has 10 heteroatoms. The Morgan fingerprint density at radius 3 is 2.55 bits per heavy atom. The summed E-state index contributed by atoms with van der Waals surface area (Å²) in [5.74, 6) is -0.0277. The van der Waals surface area contributed by atoms with E-state index in [0.29, 0.717) is 13.0 Å². The highest BCUT2D eigenvalue weighted by Crippen LogP contribution is 2.43. The number of halogens is 3. The van der Waals surface area contributed by atoms with Gasteiger partial charge in [0.05, 0.1) is 22.5 Å². The first kappa shape index (κ1) is 21.4. The van der Waals surface area contributed by atoms with Gasteiger partial charge in [-0.1, -0.05) is 18.2 Å². The normalized spacial score (nSPS) is 14.3. The Morgan fingerprint density at radius 1 is 1.10 bits per heavy atom. The Bertz CT molecular complexity index is 1210. The lowest BCUT2D eigenvalue weighted by atomic mass is 9.94. The Morgan fingerprint density at radius 2 is 1.84 bits per heavy atom. The minimum absolute atomic E-state index is 0.0250. The maximum absolute atomic E-state index is 13.8. The topological polar surface area (TPSA) is 73.2 Å². The second-order valence-electron chi connectivity index (χ2n) is 7.30. The molecule has 0 aliphatic carbocycles. The Balaban J connectivity index is 1.75. The second-order valence-corrected chi connectivity index (χ2v) is 8.95. The van der Waals surface area contributed by atoms with Gasteiger partial charge in [-0.25, -0.2) is 13.4 Å². The molecule has 3 aromatic rings. The number of nitrogens with one attached hydrogen (secondary N) is 1. The van der Waals surface area contributed by atoms with Gasteiger partial charge in [0, 0.05) is 23.4 Å². The van der Waals surface area contributed by atoms with Gasteiger partial charge in [-0.15, -0.1) is 0 Å². The van der Waals surface area contributed by atoms with Crippen LogP contribution in [0.1, 0.15) is 29.7 Å². The molecule has 1 aromatic heterocycles. The standard InChI is InChI=1S/C21H20F3N3O3S/c1-14-18(30-26-31(28,29)15-7-3-2-4-8-15)11-10-16(21(22,23)24)19(14)20-17-9-5-6-12-27(17)13-25-20/h2-4,7-8,10-11,13,26H,5-6,9,12H2,1H3. The van der Waals surface area contributed by atoms with E-state index in [1.165, 1.54) is 19.1 Å². The minimum atomic E-state index is -4.60. The largest absolute Gasteiger partial charge is 0.417 e. The summed E-state index contributed by atoms with van der Waals surface area (Å²) >= 11 is 0. The molecule has 1 aliphatic rings. The van der Waals surface area contributed by atoms with Crippen molar-refractivity contribution in [1.82, 2.24) is 14.4 Å². The summed E-state index contributed by atoms with van der Waals surface area (Å²) in [5.41, 5.74) is 0.204. The SMILES string of the molecule is Cc1c(ONS(=O)(=O)c2ccccc2)ccc(C(F)(F)F)c1-c1ncn2c1CCCC2. The number of hydrogen-bond donors (Lipinski definition) is 1. The first-order chi connectivity index (χ1) is 14.7. The van der Waals surface area contributed by atoms with E-state index in [1.807, 2.05) is 9.45 Å². The number of benzene rings is 2. The van der Waals surface area contributed by atoms with Crippen molar-refractivity contribution in [3.8, 4) is 17.0 Å². The van der Waals surface area contributed by atoms with Crippen LogP contribution >= 0.6 is 0 Å². The molecular formula is C21H20F3N3O3S. The summed E-state index contributed by atoms with van der Waals surface area (Å²) in [4.78, 5) is 11.5. The fraction of sp³-hybridized carbons (Fsp3) is 0.286. The van der Waals surface area contributed by atoms with Crippen LogP contribution in [0.3, 0.4) is 0 Å². The third-order valence-electron chi connectivity index (χ3n) is 5.28. The minimum Gasteiger partial charge on any atom is -0.393 e. The molecule has 4 rings (SSSR count). The maximum Gasteiger partial charge on any atom is 0.417 e. The van der Waals surface area contributed by atoms with E-state index in [1.54, 1.807) is 24.5 Å². The molecule has 6 nitrogen and oxygen atoms in total. The lowest BCUT2D eigenvalue weighted by Gasteiger charge is -2.20. The summed E-state index contributed by atoms with van der Waals surface area (Å²) < 4.78 is 68.1. The molecule has 0 amide bonds. The molecule has 1 aliphatic heterocycles. The third kappa shape index (κ3) is 4.17. The third-order valence-corrected chi connectivity index (χ3v) is 6.48. The molecule has 0 fully saturated rings. The van der Waals surface area contributed by atoms with Gasteiger partial charge in [0.25, 0.3) is 10.0 Å². The van der Waals surface area contributed by atoms with Gasteiger partial charge in [-0.05, 0) is 55.3 Å². The van der Waals surface area contributed by atoms with Crippen molar-refractivity contribution >= 4 is 10.0 Å². The average molecular weight is 451 g/mol. The maximum atomic E-state index is 13.8. The molecule has 0 spiro atoms. The quantitative estimate of drug-likeness (QED) is 0.581. The molecule has 0 bridgehead atoms. The number of sulfonamides is 1. The highest BCUT2D eigenvalue weighted by Gasteiger charge is 2.37. The fourth-order valence-corrected chi connectivity index (χ4v) is 4.55. The highest BCUT2D eigenvalue weighted by atomic mass is 32.2. The smallest absolute Gasteiger partial charge is 0.393 e. The predicted octanol–water partition coefficient (Wildman–Crippen LogP) is 4.49. The number of alkyl halides is 3. The van der Waals surface area contributed by atoms with Crippen LogP contribution in [0.15, 0.2) is 53.7 Å². The van der Waals surface area contributed by atoms with E-state index in [2.05, 4.69) is 4.98 Å². The van der Waals surface area contributed by atoms with E-state index >= 15 is 0 Å². The summed E-state index contributed by atoms with van der Waals surface area (Å²) in [7, 11) is -4.01. The molecule has 0 unspecified atom stereocenters. The van der Waals surface area contributed by atoms with Crippen molar-refractivity contribution < 1.29 is 26.4 Å². The zero-order chi connectivity index (χ0) is 22.2. The van der Waals surface area contributed by atoms with Crippen LogP contribution in [0, 0.1) is 6.92 Å². The van der Waals surface area contributed by atoms with E-state index in [-0.39, 0.29) is 27.5 Å². The zero-order valence-corrected chi connectivity index (χ0v) is 17.4. The molecule has 2 aromatic carbocycles. The molecular weight excluding hydrogens is 431 g/mol. The van der Waals surface area contributed by atoms with Gasteiger partial charge in [-0.3, -0.25) is 0 Å². The number of nitrogens with zero attached hydrogens (tertiary/aromatic N) is 2. The summed E-state index contributed by atoms with van der Waals surface area (Å²) in [6, 6.07) is 9.54. The molecule has 31 heavy (non-hydrogen) atoms. The van der Waals surface area contributed by atoms with Crippen LogP contribution in [0.5, 0.6) is 5.75 Å². The monoisotopic (exact) mass is 451 g/mol. The summed E-state index contributed by atoms with van der Waals surface area (Å²) in [6.07, 6.45) is -0.620. The van der Waals surface area contributed by atoms with E-state index < -0.39 is 21.8 Å². The van der Waals surface area contributed by atoms with Crippen molar-refractivity contribution in [2.24, 2.45) is 0 Å². The van der Waals surface area contributed by atoms with E-state index in [9.17, 15) is 21.6 Å². The number of imidazole rings is 1. The van der Waals surface area contributed by atoms with Gasteiger partial charge >= 0.3 is 6.18 Å². The highest BCUT2D eigenvalue weighted by molar-refractivity contribution is 7.89. The average Bonchev–Trinajstić information content (AvgIpc) is 3.16. The predicted molar refractivity (Wildman–Crippen MR) is 108 cm³/mol. The van der Waals surface area contributed by atoms with Crippen LogP contribution in [-0.4, -0.2) is 18.0 Å². The van der Waals surface area contributed by atoms with E-state index in [4.69, 9.17) is 4.84 Å². The molecule has 0 atom stereocenters. The summed E-state index contributed by atoms with van der Waals surface area (Å²) in [6.45, 7) is 2.17. The first-order valence-electron chi connectivity index (χ1n) is 9.67. The van der Waals surface area contributed by atoms with Crippen molar-refractivity contribution in [3.05, 3.63) is 65.6 Å². The first-order valence-corrected chi connectivity index (χ1v) is 11.2. The number of fused-ring (bicyclic) bond motifs is 1. The fourth-order valence-electron chi connectivity index (χ4n) is 3.74. The van der Waals surface area contributed by atoms with Gasteiger partial charge in [0.15, 0.2) is 5.75 Å². The van der Waals surface area contributed by atoms with Crippen molar-refractivity contribution in [2.45, 2.75) is 43.8 Å². The molecule has 0 radical (unpaired) electrons. The Kier molecular flexibility index (Phi) is 5.52. The number of rotatable bonds is 5. The van der Waals surface area contributed by atoms with Crippen LogP contribution < -0.4 is 9.72 Å². The molecule has 1 N–H and O–H groups in total. The van der Waals surface area contributed by atoms with E-state index in [0.717, 1.165) is 30.7 Å². The van der Waals surface area contributed by atoms with Crippen molar-refractivity contribution in [1.29, 1.82) is 0 Å². The number of aryl methyl sites for hydroxylation is 1. The van der Waals surface area contributed by atoms with Crippen LogP contribution in [0.25, 0.3) is 11.3 Å². The Hall–Kier alpha value is -2.85. The summed E-state index contributed by atoms with van der Waals surface area (Å²) in [5, 5.41) is 0. The second kappa shape index (κ2) is 8.01. The lowest BCUT2D eigenvalue weighted by molar-refractivity contribution is -0.137. The van der Waals surface area contributed by atoms with Crippen LogP contribution in [-0.2, 0) is 29.2 Å². The molecule has 2 heterocycles. The Labute approximate surface area is 177 Å². The molecule has 0 saturated carbocycles. The zero-order valence-electron chi connectivity index (χ0n) is 16.6. The van der Waals surface area contributed by atoms with Crippen LogP contribution in [0.4, 0.5) is 13.2 Å². The van der Waals surface area contributed by atoms with Gasteiger partial charge in [-0.2, -0.15) is 13.2 Å². The number of hydrogen-bond acceptors (Lipinski definition) is 4. The molecule has 164 valence electrons. The molecule has 0 saturated heterocycles. The van der Waals surface area contributed by atoms with Gasteiger partial charge in [0.2, 0.25) is 0 Å². The number of aromatic nitrogens is 2. The van der Waals surface area contributed by atoms with Crippen LogP contribution in [0.2, 0.25) is 0 Å². The van der Waals surface area contributed by atoms with Crippen molar-refractivity contribution in [2.75, 3.05) is 0 Å². The lowest BCUT2D eigenvalue weighted by Crippen LogP contribution is -2.27. The van der Waals surface area contributed by atoms with Gasteiger partial charge < -0.3 is 9.40 Å². The van der Waals surface area contributed by atoms with Crippen molar-refractivity contribution in [3.63, 3.8) is 0 Å². The van der Waals surface area contributed by atoms with Gasteiger partial charge in [0.1, 0.15) is 0 Å².